The zero-order chi connectivity index (χ0) is 10.1. The molecule has 0 amide bonds. The van der Waals surface area contributed by atoms with Crippen molar-refractivity contribution in [2.24, 2.45) is 0 Å². The lowest BCUT2D eigenvalue weighted by Crippen LogP contribution is -2.14. The highest BCUT2D eigenvalue weighted by atomic mass is 19.1. The number of nitrogens with two attached hydrogens (primary N) is 1. The molecule has 0 fully saturated rings. The highest BCUT2D eigenvalue weighted by Crippen LogP contribution is 2.12. The molecule has 0 radical (unpaired) electrons. The van der Waals surface area contributed by atoms with Crippen molar-refractivity contribution in [3.63, 3.8) is 0 Å². The largest absolute Gasteiger partial charge is 0.399 e. The van der Waals surface area contributed by atoms with E-state index in [0.29, 0.717) is 5.69 Å². The molecule has 72 valence electrons. The van der Waals surface area contributed by atoms with Crippen molar-refractivity contribution in [2.45, 2.75) is 0 Å². The first kappa shape index (κ1) is 8.49. The Kier molecular flexibility index (Phi) is 1.81. The van der Waals surface area contributed by atoms with Gasteiger partial charge in [0.15, 0.2) is 0 Å². The lowest BCUT2D eigenvalue weighted by atomic mass is 10.2. The topological polar surface area (TPSA) is 76.7 Å². The molecule has 1 aromatic heterocycles. The first-order chi connectivity index (χ1) is 6.66. The fourth-order valence-corrected chi connectivity index (χ4v) is 1.17. The van der Waals surface area contributed by atoms with E-state index in [4.69, 9.17) is 5.73 Å². The molecule has 14 heavy (non-hydrogen) atoms. The molecule has 3 N–H and O–H groups in total. The second-order valence-electron chi connectivity index (χ2n) is 2.77. The van der Waals surface area contributed by atoms with E-state index < -0.39 is 11.5 Å². The van der Waals surface area contributed by atoms with Gasteiger partial charge >= 0.3 is 5.69 Å². The number of aromatic nitrogens is 3. The third kappa shape index (κ3) is 1.37. The van der Waals surface area contributed by atoms with Crippen LogP contribution in [0.15, 0.2) is 29.3 Å². The molecule has 0 aliphatic rings. The lowest BCUT2D eigenvalue weighted by Gasteiger charge is -2.01. The third-order valence-corrected chi connectivity index (χ3v) is 1.74. The molecule has 0 saturated heterocycles. The number of rotatable bonds is 1. The Balaban J connectivity index is 2.63. The molecule has 0 bridgehead atoms. The molecule has 5 nitrogen and oxygen atoms in total. The fraction of sp³-hybridized carbons (Fsp3) is 0. The SMILES string of the molecule is Nc1cc(F)cc(-n2cn[nH]c2=O)c1. The monoisotopic (exact) mass is 194 g/mol. The van der Waals surface area contributed by atoms with Gasteiger partial charge in [-0.05, 0) is 18.2 Å². The number of nitrogens with zero attached hydrogens (tertiary/aromatic N) is 2. The summed E-state index contributed by atoms with van der Waals surface area (Å²) in [4.78, 5) is 11.1. The molecule has 1 aromatic carbocycles. The standard InChI is InChI=1S/C8H7FN4O/c9-5-1-6(10)3-7(2-5)13-4-11-12-8(13)14/h1-4H,10H2,(H,12,14). The number of anilines is 1. The van der Waals surface area contributed by atoms with Crippen LogP contribution in [0.25, 0.3) is 5.69 Å². The van der Waals surface area contributed by atoms with Gasteiger partial charge in [0.2, 0.25) is 0 Å². The predicted octanol–water partition coefficient (Wildman–Crippen LogP) is 0.282. The first-order valence-corrected chi connectivity index (χ1v) is 3.85. The van der Waals surface area contributed by atoms with Gasteiger partial charge in [0.25, 0.3) is 0 Å². The van der Waals surface area contributed by atoms with E-state index in [2.05, 4.69) is 10.2 Å². The minimum atomic E-state index is -0.492. The number of benzene rings is 1. The van der Waals surface area contributed by atoms with Gasteiger partial charge in [0, 0.05) is 5.69 Å². The van der Waals surface area contributed by atoms with Crippen molar-refractivity contribution < 1.29 is 4.39 Å². The number of H-pyrrole nitrogens is 1. The second kappa shape index (κ2) is 2.99. The van der Waals surface area contributed by atoms with Crippen molar-refractivity contribution in [1.29, 1.82) is 0 Å². The van der Waals surface area contributed by atoms with E-state index in [-0.39, 0.29) is 5.69 Å². The summed E-state index contributed by atoms with van der Waals surface area (Å²) in [7, 11) is 0. The summed E-state index contributed by atoms with van der Waals surface area (Å²) in [5, 5.41) is 5.72. The van der Waals surface area contributed by atoms with Crippen LogP contribution in [0.1, 0.15) is 0 Å². The minimum Gasteiger partial charge on any atom is -0.399 e. The Bertz CT molecular complexity index is 496. The molecular weight excluding hydrogens is 187 g/mol. The van der Waals surface area contributed by atoms with Gasteiger partial charge in [0.1, 0.15) is 12.1 Å². The Morgan fingerprint density at radius 2 is 2.21 bits per heavy atom. The molecule has 0 saturated carbocycles. The molecule has 6 heteroatoms. The summed E-state index contributed by atoms with van der Waals surface area (Å²) in [6.07, 6.45) is 1.26. The van der Waals surface area contributed by atoms with Crippen LogP contribution in [0.2, 0.25) is 0 Å². The number of halogens is 1. The number of aromatic amines is 1. The Morgan fingerprint density at radius 3 is 2.79 bits per heavy atom. The molecule has 0 unspecified atom stereocenters. The number of nitrogen functional groups attached to an aromatic ring is 1. The average molecular weight is 194 g/mol. The zero-order valence-electron chi connectivity index (χ0n) is 7.07. The van der Waals surface area contributed by atoms with Crippen LogP contribution < -0.4 is 11.4 Å². The summed E-state index contributed by atoms with van der Waals surface area (Å²) in [5.41, 5.74) is 5.60. The highest BCUT2D eigenvalue weighted by Gasteiger charge is 2.03. The normalized spacial score (nSPS) is 10.4. The van der Waals surface area contributed by atoms with Gasteiger partial charge in [-0.25, -0.2) is 18.9 Å². The van der Waals surface area contributed by atoms with Crippen LogP contribution in [0, 0.1) is 5.82 Å². The van der Waals surface area contributed by atoms with Crippen LogP contribution >= 0.6 is 0 Å². The summed E-state index contributed by atoms with van der Waals surface area (Å²) in [5.74, 6) is -0.492. The van der Waals surface area contributed by atoms with E-state index in [9.17, 15) is 9.18 Å². The Labute approximate surface area is 78.0 Å². The summed E-state index contributed by atoms with van der Waals surface area (Å²) < 4.78 is 14.1. The van der Waals surface area contributed by atoms with E-state index in [0.717, 1.165) is 0 Å². The third-order valence-electron chi connectivity index (χ3n) is 1.74. The van der Waals surface area contributed by atoms with Crippen LogP contribution in [0.3, 0.4) is 0 Å². The van der Waals surface area contributed by atoms with E-state index in [1.807, 2.05) is 0 Å². The van der Waals surface area contributed by atoms with Crippen molar-refractivity contribution in [1.82, 2.24) is 14.8 Å². The Morgan fingerprint density at radius 1 is 1.43 bits per heavy atom. The van der Waals surface area contributed by atoms with Crippen LogP contribution in [-0.4, -0.2) is 14.8 Å². The zero-order valence-corrected chi connectivity index (χ0v) is 7.07. The molecule has 2 rings (SSSR count). The van der Waals surface area contributed by atoms with Gasteiger partial charge in [-0.3, -0.25) is 0 Å². The van der Waals surface area contributed by atoms with Gasteiger partial charge < -0.3 is 5.73 Å². The quantitative estimate of drug-likeness (QED) is 0.640. The molecule has 1 heterocycles. The van der Waals surface area contributed by atoms with Crippen LogP contribution in [0.4, 0.5) is 10.1 Å². The van der Waals surface area contributed by atoms with E-state index in [1.54, 1.807) is 0 Å². The molecule has 2 aromatic rings. The van der Waals surface area contributed by atoms with Crippen LogP contribution in [-0.2, 0) is 0 Å². The van der Waals surface area contributed by atoms with E-state index >= 15 is 0 Å². The van der Waals surface area contributed by atoms with E-state index in [1.165, 1.54) is 29.1 Å². The summed E-state index contributed by atoms with van der Waals surface area (Å²) >= 11 is 0. The Hall–Kier alpha value is -2.11. The lowest BCUT2D eigenvalue weighted by molar-refractivity contribution is 0.627. The summed E-state index contributed by atoms with van der Waals surface area (Å²) in [6.45, 7) is 0. The molecule has 0 aliphatic carbocycles. The molecular formula is C8H7FN4O. The van der Waals surface area contributed by atoms with Gasteiger partial charge in [-0.2, -0.15) is 5.10 Å². The average Bonchev–Trinajstić information content (AvgIpc) is 2.49. The number of nitrogens with one attached hydrogen (secondary N) is 1. The molecule has 0 atom stereocenters. The maximum atomic E-state index is 12.9. The number of hydrogen-bond acceptors (Lipinski definition) is 3. The van der Waals surface area contributed by atoms with Gasteiger partial charge in [0.05, 0.1) is 5.69 Å². The molecule has 0 spiro atoms. The maximum absolute atomic E-state index is 12.9. The summed E-state index contributed by atoms with van der Waals surface area (Å²) in [6, 6.07) is 3.86. The highest BCUT2D eigenvalue weighted by molar-refractivity contribution is 5.47. The van der Waals surface area contributed by atoms with Crippen molar-refractivity contribution in [2.75, 3.05) is 5.73 Å². The second-order valence-corrected chi connectivity index (χ2v) is 2.77. The van der Waals surface area contributed by atoms with Crippen LogP contribution in [0.5, 0.6) is 0 Å². The first-order valence-electron chi connectivity index (χ1n) is 3.85. The van der Waals surface area contributed by atoms with Crippen molar-refractivity contribution >= 4 is 5.69 Å². The molecule has 0 aliphatic heterocycles. The van der Waals surface area contributed by atoms with Gasteiger partial charge in [-0.15, -0.1) is 0 Å². The van der Waals surface area contributed by atoms with Gasteiger partial charge in [-0.1, -0.05) is 0 Å². The number of hydrogen-bond donors (Lipinski definition) is 2. The fourth-order valence-electron chi connectivity index (χ4n) is 1.17. The smallest absolute Gasteiger partial charge is 0.347 e. The van der Waals surface area contributed by atoms with Crippen molar-refractivity contribution in [3.8, 4) is 5.69 Å². The van der Waals surface area contributed by atoms with Crippen molar-refractivity contribution in [3.05, 3.63) is 40.8 Å². The maximum Gasteiger partial charge on any atom is 0.347 e. The minimum absolute atomic E-state index is 0.258. The predicted molar refractivity (Wildman–Crippen MR) is 48.6 cm³/mol.